The highest BCUT2D eigenvalue weighted by Gasteiger charge is 2.63. The molecule has 11 heteroatoms. The van der Waals surface area contributed by atoms with Gasteiger partial charge in [-0.15, -0.1) is 0 Å². The molecule has 3 aliphatic rings. The average molecular weight is 441 g/mol. The van der Waals surface area contributed by atoms with Crippen LogP contribution in [0.3, 0.4) is 0 Å². The topological polar surface area (TPSA) is 82.5 Å². The number of aliphatic hydroxyl groups excluding tert-OH is 1. The van der Waals surface area contributed by atoms with Gasteiger partial charge in [-0.25, -0.2) is 27.5 Å². The molecule has 3 N–H and O–H groups in total. The van der Waals surface area contributed by atoms with Crippen molar-refractivity contribution >= 4 is 22.5 Å². The van der Waals surface area contributed by atoms with Gasteiger partial charge in [0.25, 0.3) is 12.3 Å². The fourth-order valence-electron chi connectivity index (χ4n) is 4.55. The molecule has 0 bridgehead atoms. The van der Waals surface area contributed by atoms with Crippen molar-refractivity contribution in [3.8, 4) is 0 Å². The van der Waals surface area contributed by atoms with Crippen molar-refractivity contribution in [2.75, 3.05) is 49.6 Å². The quantitative estimate of drug-likeness (QED) is 0.628. The second-order valence-corrected chi connectivity index (χ2v) is 8.60. The number of benzene rings is 1. The van der Waals surface area contributed by atoms with E-state index in [4.69, 9.17) is 4.74 Å². The normalized spacial score (nSPS) is 27.1. The first-order valence-corrected chi connectivity index (χ1v) is 10.2. The minimum atomic E-state index is -2.94. The van der Waals surface area contributed by atoms with Gasteiger partial charge in [0.1, 0.15) is 0 Å². The maximum absolute atomic E-state index is 14.8. The first-order valence-electron chi connectivity index (χ1n) is 10.2. The predicted molar refractivity (Wildman–Crippen MR) is 106 cm³/mol. The Bertz CT molecular complexity index is 987. The average Bonchev–Trinajstić information content (AvgIpc) is 3.00. The van der Waals surface area contributed by atoms with Crippen LogP contribution in [0.25, 0.3) is 10.9 Å². The summed E-state index contributed by atoms with van der Waals surface area (Å²) in [6.07, 6.45) is -1.54. The van der Waals surface area contributed by atoms with Gasteiger partial charge >= 0.3 is 0 Å². The highest BCUT2D eigenvalue weighted by atomic mass is 19.3. The van der Waals surface area contributed by atoms with Crippen molar-refractivity contribution in [3.05, 3.63) is 23.9 Å². The number of rotatable bonds is 4. The predicted octanol–water partition coefficient (Wildman–Crippen LogP) is 2.17. The summed E-state index contributed by atoms with van der Waals surface area (Å²) >= 11 is 0. The van der Waals surface area contributed by atoms with Gasteiger partial charge < -0.3 is 25.4 Å². The molecule has 0 unspecified atom stereocenters. The molecule has 4 heterocycles. The molecular formula is C20H23F4N5O2. The molecular weight excluding hydrogens is 418 g/mol. The lowest BCUT2D eigenvalue weighted by Gasteiger charge is -2.42. The van der Waals surface area contributed by atoms with Crippen LogP contribution in [0.15, 0.2) is 18.3 Å². The minimum Gasteiger partial charge on any atom is -0.389 e. The van der Waals surface area contributed by atoms with E-state index in [1.807, 2.05) is 0 Å². The number of ether oxygens (including phenoxy) is 1. The summed E-state index contributed by atoms with van der Waals surface area (Å²) in [6.45, 7) is 0.540. The Morgan fingerprint density at radius 3 is 2.71 bits per heavy atom. The van der Waals surface area contributed by atoms with Gasteiger partial charge in [0, 0.05) is 43.4 Å². The summed E-state index contributed by atoms with van der Waals surface area (Å²) in [4.78, 5) is 10.1. The maximum Gasteiger partial charge on any atom is 0.274 e. The van der Waals surface area contributed by atoms with Crippen molar-refractivity contribution in [1.82, 2.24) is 15.3 Å². The van der Waals surface area contributed by atoms with E-state index in [-0.39, 0.29) is 49.5 Å². The number of nitrogens with zero attached hydrogens (tertiary/aromatic N) is 3. The van der Waals surface area contributed by atoms with Crippen LogP contribution in [0.2, 0.25) is 0 Å². The Morgan fingerprint density at radius 1 is 1.26 bits per heavy atom. The Morgan fingerprint density at radius 2 is 2.06 bits per heavy atom. The molecule has 1 aromatic carbocycles. The molecule has 0 radical (unpaired) electrons. The van der Waals surface area contributed by atoms with Crippen LogP contribution in [0.4, 0.5) is 29.2 Å². The van der Waals surface area contributed by atoms with Crippen LogP contribution in [-0.2, 0) is 4.74 Å². The molecule has 0 amide bonds. The van der Waals surface area contributed by atoms with Crippen LogP contribution in [0.5, 0.6) is 0 Å². The van der Waals surface area contributed by atoms with Crippen LogP contribution in [0.1, 0.15) is 18.4 Å². The first kappa shape index (κ1) is 20.7. The van der Waals surface area contributed by atoms with E-state index in [1.54, 1.807) is 0 Å². The lowest BCUT2D eigenvalue weighted by molar-refractivity contribution is -0.107. The number of halogens is 4. The van der Waals surface area contributed by atoms with Crippen molar-refractivity contribution in [2.24, 2.45) is 5.41 Å². The van der Waals surface area contributed by atoms with Crippen LogP contribution < -0.4 is 15.5 Å². The molecule has 1 spiro atoms. The van der Waals surface area contributed by atoms with Crippen LogP contribution in [-0.4, -0.2) is 72.5 Å². The molecule has 3 fully saturated rings. The molecule has 2 aromatic rings. The Labute approximate surface area is 175 Å². The minimum absolute atomic E-state index is 0.0558. The van der Waals surface area contributed by atoms with Crippen LogP contribution in [0, 0.1) is 5.41 Å². The Balaban J connectivity index is 1.53. The molecule has 3 saturated heterocycles. The second-order valence-electron chi connectivity index (χ2n) is 8.60. The van der Waals surface area contributed by atoms with Gasteiger partial charge in [-0.3, -0.25) is 0 Å². The number of aromatic nitrogens is 2. The van der Waals surface area contributed by atoms with Gasteiger partial charge in [-0.05, 0) is 18.6 Å². The summed E-state index contributed by atoms with van der Waals surface area (Å²) in [5, 5.41) is 16.4. The van der Waals surface area contributed by atoms with E-state index in [2.05, 4.69) is 20.6 Å². The molecule has 5 rings (SSSR count). The summed E-state index contributed by atoms with van der Waals surface area (Å²) in [5.74, 6) is -2.73. The zero-order valence-electron chi connectivity index (χ0n) is 16.6. The fourth-order valence-corrected chi connectivity index (χ4v) is 4.55. The SMILES string of the molecule is O[C@@H]1COCC[C@H]1Nc1ncc2cc(C(F)F)cc(N3CC(F)(F)C4(CNC4)C3)c2n1. The summed E-state index contributed by atoms with van der Waals surface area (Å²) in [5.41, 5.74) is -0.888. The third-order valence-corrected chi connectivity index (χ3v) is 6.50. The third-order valence-electron chi connectivity index (χ3n) is 6.50. The van der Waals surface area contributed by atoms with E-state index in [1.165, 1.54) is 23.2 Å². The lowest BCUT2D eigenvalue weighted by Crippen LogP contribution is -2.62. The number of anilines is 2. The van der Waals surface area contributed by atoms with Crippen molar-refractivity contribution in [3.63, 3.8) is 0 Å². The van der Waals surface area contributed by atoms with E-state index < -0.39 is 30.4 Å². The largest absolute Gasteiger partial charge is 0.389 e. The zero-order chi connectivity index (χ0) is 21.8. The molecule has 0 aliphatic carbocycles. The summed E-state index contributed by atoms with van der Waals surface area (Å²) < 4.78 is 61.7. The van der Waals surface area contributed by atoms with E-state index >= 15 is 0 Å². The highest BCUT2D eigenvalue weighted by molar-refractivity contribution is 5.92. The highest BCUT2D eigenvalue weighted by Crippen LogP contribution is 2.48. The molecule has 31 heavy (non-hydrogen) atoms. The number of nitrogens with one attached hydrogen (secondary N) is 2. The van der Waals surface area contributed by atoms with Gasteiger partial charge in [-0.2, -0.15) is 0 Å². The molecule has 3 aliphatic heterocycles. The summed E-state index contributed by atoms with van der Waals surface area (Å²) in [6, 6.07) is 2.20. The van der Waals surface area contributed by atoms with E-state index in [9.17, 15) is 22.7 Å². The maximum atomic E-state index is 14.8. The number of hydrogen-bond donors (Lipinski definition) is 3. The van der Waals surface area contributed by atoms with E-state index in [0.29, 0.717) is 23.9 Å². The van der Waals surface area contributed by atoms with E-state index in [0.717, 1.165) is 0 Å². The molecule has 1 aromatic heterocycles. The van der Waals surface area contributed by atoms with Crippen molar-refractivity contribution in [2.45, 2.75) is 30.9 Å². The number of hydrogen-bond acceptors (Lipinski definition) is 7. The molecule has 2 atom stereocenters. The Hall–Kier alpha value is -2.24. The number of aliphatic hydroxyl groups is 1. The zero-order valence-corrected chi connectivity index (χ0v) is 16.6. The number of alkyl halides is 4. The lowest BCUT2D eigenvalue weighted by atomic mass is 9.78. The number of fused-ring (bicyclic) bond motifs is 1. The van der Waals surface area contributed by atoms with Gasteiger partial charge in [0.15, 0.2) is 0 Å². The second kappa shape index (κ2) is 7.42. The Kier molecular flexibility index (Phi) is 4.94. The van der Waals surface area contributed by atoms with Gasteiger partial charge in [0.05, 0.1) is 41.9 Å². The molecule has 7 nitrogen and oxygen atoms in total. The fraction of sp³-hybridized carbons (Fsp3) is 0.600. The molecule has 0 saturated carbocycles. The van der Waals surface area contributed by atoms with Crippen LogP contribution >= 0.6 is 0 Å². The van der Waals surface area contributed by atoms with Gasteiger partial charge in [-0.1, -0.05) is 0 Å². The third kappa shape index (κ3) is 3.48. The smallest absolute Gasteiger partial charge is 0.274 e. The van der Waals surface area contributed by atoms with Gasteiger partial charge in [0.2, 0.25) is 5.95 Å². The first-order chi connectivity index (χ1) is 14.8. The van der Waals surface area contributed by atoms with Crippen molar-refractivity contribution < 1.29 is 27.4 Å². The van der Waals surface area contributed by atoms with Crippen molar-refractivity contribution in [1.29, 1.82) is 0 Å². The standard InChI is InChI=1S/C20H23F4N5O2/c21-17(22)11-3-12-5-26-18(27-13-1-2-31-6-15(13)30)28-16(12)14(4-11)29-9-19(7-25-8-19)20(23,24)10-29/h3-5,13,15,17,25,30H,1-2,6-10H2,(H,26,27,28)/t13-,15-/m1/s1. The molecule has 168 valence electrons. The summed E-state index contributed by atoms with van der Waals surface area (Å²) in [7, 11) is 0. The monoisotopic (exact) mass is 441 g/mol.